The van der Waals surface area contributed by atoms with Crippen molar-refractivity contribution in [1.29, 1.82) is 0 Å². The van der Waals surface area contributed by atoms with Gasteiger partial charge in [0.05, 0.1) is 27.2 Å². The summed E-state index contributed by atoms with van der Waals surface area (Å²) >= 11 is 14.0. The predicted octanol–water partition coefficient (Wildman–Crippen LogP) is 7.57. The highest BCUT2D eigenvalue weighted by Crippen LogP contribution is 2.34. The summed E-state index contributed by atoms with van der Waals surface area (Å²) in [5.41, 5.74) is 0.879. The van der Waals surface area contributed by atoms with Gasteiger partial charge in [0, 0.05) is 17.5 Å². The Bertz CT molecular complexity index is 1600. The molecule has 0 saturated heterocycles. The Morgan fingerprint density at radius 1 is 0.978 bits per heavy atom. The number of anilines is 1. The van der Waals surface area contributed by atoms with Crippen LogP contribution in [0.2, 0.25) is 10.0 Å². The Morgan fingerprint density at radius 3 is 2.30 bits per heavy atom. The number of ether oxygens (including phenoxy) is 1. The van der Waals surface area contributed by atoms with Crippen LogP contribution in [0.3, 0.4) is 0 Å². The SMILES string of the molecule is CCOc1ccccc1N(CC(=O)N(Cc1ccc(Cl)c(Cl)c1)C(CC)C(=O)NC1CCCCC1)S(=O)(=O)c1ccc(SC)cc1. The van der Waals surface area contributed by atoms with Crippen LogP contribution in [0.1, 0.15) is 57.9 Å². The van der Waals surface area contributed by atoms with E-state index in [4.69, 9.17) is 27.9 Å². The summed E-state index contributed by atoms with van der Waals surface area (Å²) in [4.78, 5) is 30.6. The number of rotatable bonds is 14. The Balaban J connectivity index is 1.76. The van der Waals surface area contributed by atoms with Gasteiger partial charge in [0.15, 0.2) is 0 Å². The standard InChI is InChI=1S/C34H41Cl2N3O5S2/c1-4-30(34(41)37-25-11-7-6-8-12-25)38(22-24-15-20-28(35)29(36)21-24)33(40)23-39(31-13-9-10-14-32(31)44-5-2)46(42,43)27-18-16-26(45-3)17-19-27/h9-10,13-21,25,30H,4-8,11-12,22-23H2,1-3H3,(H,37,41). The second kappa shape index (κ2) is 16.8. The molecule has 0 spiro atoms. The van der Waals surface area contributed by atoms with Crippen LogP contribution < -0.4 is 14.4 Å². The van der Waals surface area contributed by atoms with Gasteiger partial charge in [-0.2, -0.15) is 0 Å². The van der Waals surface area contributed by atoms with Gasteiger partial charge in [-0.15, -0.1) is 11.8 Å². The van der Waals surface area contributed by atoms with Crippen molar-refractivity contribution in [1.82, 2.24) is 10.2 Å². The average Bonchev–Trinajstić information content (AvgIpc) is 3.06. The second-order valence-electron chi connectivity index (χ2n) is 11.1. The van der Waals surface area contributed by atoms with Crippen molar-refractivity contribution >= 4 is 62.5 Å². The third-order valence-electron chi connectivity index (χ3n) is 8.03. The van der Waals surface area contributed by atoms with Crippen LogP contribution in [0.15, 0.2) is 76.5 Å². The molecule has 1 unspecified atom stereocenters. The molecule has 0 aromatic heterocycles. The smallest absolute Gasteiger partial charge is 0.264 e. The molecule has 1 fully saturated rings. The lowest BCUT2D eigenvalue weighted by atomic mass is 9.95. The first-order valence-electron chi connectivity index (χ1n) is 15.5. The fraction of sp³-hybridized carbons (Fsp3) is 0.412. The molecule has 1 N–H and O–H groups in total. The molecule has 46 heavy (non-hydrogen) atoms. The van der Waals surface area contributed by atoms with E-state index in [1.54, 1.807) is 61.5 Å². The second-order valence-corrected chi connectivity index (χ2v) is 14.7. The molecule has 2 amide bonds. The van der Waals surface area contributed by atoms with Crippen LogP contribution in [0.4, 0.5) is 5.69 Å². The molecule has 0 aliphatic heterocycles. The van der Waals surface area contributed by atoms with Gasteiger partial charge in [0.2, 0.25) is 11.8 Å². The van der Waals surface area contributed by atoms with E-state index in [0.29, 0.717) is 34.4 Å². The van der Waals surface area contributed by atoms with Gasteiger partial charge in [-0.25, -0.2) is 8.42 Å². The van der Waals surface area contributed by atoms with Crippen molar-refractivity contribution in [3.63, 3.8) is 0 Å². The van der Waals surface area contributed by atoms with Gasteiger partial charge in [0.25, 0.3) is 10.0 Å². The zero-order valence-corrected chi connectivity index (χ0v) is 29.5. The number of hydrogen-bond acceptors (Lipinski definition) is 6. The maximum Gasteiger partial charge on any atom is 0.264 e. The molecule has 1 atom stereocenters. The quantitative estimate of drug-likeness (QED) is 0.174. The van der Waals surface area contributed by atoms with Crippen LogP contribution in [-0.2, 0) is 26.2 Å². The van der Waals surface area contributed by atoms with Gasteiger partial charge in [0.1, 0.15) is 18.3 Å². The molecule has 3 aromatic rings. The molecule has 1 saturated carbocycles. The van der Waals surface area contributed by atoms with Crippen molar-refractivity contribution in [2.24, 2.45) is 0 Å². The molecule has 3 aromatic carbocycles. The van der Waals surface area contributed by atoms with Gasteiger partial charge in [-0.3, -0.25) is 13.9 Å². The third-order valence-corrected chi connectivity index (χ3v) is 11.3. The normalized spacial score (nSPS) is 14.4. The Kier molecular flexibility index (Phi) is 13.1. The first-order valence-corrected chi connectivity index (χ1v) is 18.9. The molecule has 0 bridgehead atoms. The summed E-state index contributed by atoms with van der Waals surface area (Å²) in [6, 6.07) is 17.5. The van der Waals surface area contributed by atoms with Gasteiger partial charge in [-0.05, 0) is 86.5 Å². The molecule has 1 aliphatic carbocycles. The van der Waals surface area contributed by atoms with Crippen LogP contribution in [0.25, 0.3) is 0 Å². The highest BCUT2D eigenvalue weighted by molar-refractivity contribution is 7.98. The Hall–Kier alpha value is -2.92. The Labute approximate surface area is 286 Å². The summed E-state index contributed by atoms with van der Waals surface area (Å²) in [7, 11) is -4.25. The number of para-hydroxylation sites is 2. The van der Waals surface area contributed by atoms with Gasteiger partial charge in [-0.1, -0.05) is 67.6 Å². The van der Waals surface area contributed by atoms with E-state index in [0.717, 1.165) is 41.3 Å². The highest BCUT2D eigenvalue weighted by atomic mass is 35.5. The first kappa shape index (κ1) is 35.9. The van der Waals surface area contributed by atoms with Crippen molar-refractivity contribution in [2.75, 3.05) is 23.7 Å². The summed E-state index contributed by atoms with van der Waals surface area (Å²) in [6.45, 7) is 3.40. The van der Waals surface area contributed by atoms with E-state index in [-0.39, 0.29) is 29.1 Å². The maximum absolute atomic E-state index is 14.5. The summed E-state index contributed by atoms with van der Waals surface area (Å²) in [6.07, 6.45) is 7.22. The number of carbonyl (C=O) groups is 2. The zero-order valence-electron chi connectivity index (χ0n) is 26.4. The molecule has 8 nitrogen and oxygen atoms in total. The average molecular weight is 707 g/mol. The van der Waals surface area contributed by atoms with Gasteiger partial charge >= 0.3 is 0 Å². The molecule has 4 rings (SSSR count). The number of benzene rings is 3. The molecular weight excluding hydrogens is 665 g/mol. The van der Waals surface area contributed by atoms with Crippen molar-refractivity contribution in [3.05, 3.63) is 82.3 Å². The van der Waals surface area contributed by atoms with E-state index in [9.17, 15) is 18.0 Å². The predicted molar refractivity (Wildman–Crippen MR) is 186 cm³/mol. The fourth-order valence-corrected chi connectivity index (χ4v) is 7.78. The zero-order chi connectivity index (χ0) is 33.3. The number of nitrogens with one attached hydrogen (secondary N) is 1. The van der Waals surface area contributed by atoms with Crippen LogP contribution in [0, 0.1) is 0 Å². The lowest BCUT2D eigenvalue weighted by Crippen LogP contribution is -2.54. The monoisotopic (exact) mass is 705 g/mol. The summed E-state index contributed by atoms with van der Waals surface area (Å²) < 4.78 is 35.5. The minimum atomic E-state index is -4.25. The number of amides is 2. The largest absolute Gasteiger partial charge is 0.492 e. The molecular formula is C34H41Cl2N3O5S2. The molecule has 1 aliphatic rings. The van der Waals surface area contributed by atoms with Crippen molar-refractivity contribution < 1.29 is 22.7 Å². The van der Waals surface area contributed by atoms with Crippen molar-refractivity contribution in [2.45, 2.75) is 80.8 Å². The van der Waals surface area contributed by atoms with Crippen molar-refractivity contribution in [3.8, 4) is 5.75 Å². The summed E-state index contributed by atoms with van der Waals surface area (Å²) in [5, 5.41) is 3.83. The van der Waals surface area contributed by atoms with Gasteiger partial charge < -0.3 is 15.0 Å². The van der Waals surface area contributed by atoms with Crippen LogP contribution >= 0.6 is 35.0 Å². The summed E-state index contributed by atoms with van der Waals surface area (Å²) in [5.74, 6) is -0.493. The number of carbonyl (C=O) groups excluding carboxylic acids is 2. The number of hydrogen-bond donors (Lipinski definition) is 1. The molecule has 0 radical (unpaired) electrons. The maximum atomic E-state index is 14.5. The molecule has 248 valence electrons. The Morgan fingerprint density at radius 2 is 1.67 bits per heavy atom. The molecule has 12 heteroatoms. The fourth-order valence-electron chi connectivity index (χ4n) is 5.63. The highest BCUT2D eigenvalue weighted by Gasteiger charge is 2.35. The number of halogens is 2. The minimum absolute atomic E-state index is 0.0235. The lowest BCUT2D eigenvalue weighted by molar-refractivity contribution is -0.140. The topological polar surface area (TPSA) is 96.0 Å². The molecule has 0 heterocycles. The number of thioether (sulfide) groups is 1. The van der Waals surface area contributed by atoms with E-state index in [2.05, 4.69) is 5.32 Å². The third kappa shape index (κ3) is 8.91. The van der Waals surface area contributed by atoms with E-state index in [1.165, 1.54) is 28.8 Å². The number of nitrogens with zero attached hydrogens (tertiary/aromatic N) is 2. The number of sulfonamides is 1. The first-order chi connectivity index (χ1) is 22.1. The van der Waals surface area contributed by atoms with Crippen LogP contribution in [0.5, 0.6) is 5.75 Å². The minimum Gasteiger partial charge on any atom is -0.492 e. The van der Waals surface area contributed by atoms with E-state index >= 15 is 0 Å². The van der Waals surface area contributed by atoms with E-state index < -0.39 is 28.5 Å². The lowest BCUT2D eigenvalue weighted by Gasteiger charge is -2.34. The van der Waals surface area contributed by atoms with E-state index in [1.807, 2.05) is 13.2 Å². The van der Waals surface area contributed by atoms with Crippen LogP contribution in [-0.4, -0.2) is 56.6 Å².